The molecular weight excluding hydrogens is 246 g/mol. The maximum atomic E-state index is 9.68. The molecule has 1 aromatic carbocycles. The van der Waals surface area contributed by atoms with Gasteiger partial charge in [0.1, 0.15) is 16.0 Å². The van der Waals surface area contributed by atoms with Gasteiger partial charge in [-0.1, -0.05) is 0 Å². The summed E-state index contributed by atoms with van der Waals surface area (Å²) in [6.07, 6.45) is 1.55. The molecule has 0 aromatic heterocycles. The normalized spacial score (nSPS) is 10.5. The number of halogens is 1. The molecule has 0 radical (unpaired) electrons. The summed E-state index contributed by atoms with van der Waals surface area (Å²) in [6, 6.07) is 1.78. The maximum absolute atomic E-state index is 9.68. The van der Waals surface area contributed by atoms with E-state index < -0.39 is 0 Å². The van der Waals surface area contributed by atoms with Gasteiger partial charge in [-0.05, 0) is 59.4 Å². The molecule has 4 heteroatoms. The zero-order chi connectivity index (χ0) is 10.7. The van der Waals surface area contributed by atoms with Crippen LogP contribution in [0, 0.1) is 6.92 Å². The highest BCUT2D eigenvalue weighted by Gasteiger charge is 2.12. The Balaban J connectivity index is 3.06. The van der Waals surface area contributed by atoms with Crippen LogP contribution in [0.5, 0.6) is 11.5 Å². The first-order valence-corrected chi connectivity index (χ1v) is 5.27. The first kappa shape index (κ1) is 11.3. The fourth-order valence-electron chi connectivity index (χ4n) is 1.31. The lowest BCUT2D eigenvalue weighted by atomic mass is 10.0. The summed E-state index contributed by atoms with van der Waals surface area (Å²) < 4.78 is 0.365. The van der Waals surface area contributed by atoms with Crippen molar-refractivity contribution < 1.29 is 10.2 Å². The standard InChI is InChI=1S/C10H14BrNO2/c1-6-5-7(3-2-4-12)10(14)8(11)9(6)13/h5,13-14H,2-4,12H2,1H3. The number of nitrogens with two attached hydrogens (primary N) is 1. The Kier molecular flexibility index (Phi) is 3.77. The molecule has 0 fully saturated rings. The molecule has 0 heterocycles. The van der Waals surface area contributed by atoms with Crippen molar-refractivity contribution in [3.05, 3.63) is 21.7 Å². The fourth-order valence-corrected chi connectivity index (χ4v) is 1.87. The van der Waals surface area contributed by atoms with Crippen LogP contribution in [0.2, 0.25) is 0 Å². The third-order valence-corrected chi connectivity index (χ3v) is 2.89. The van der Waals surface area contributed by atoms with E-state index in [2.05, 4.69) is 15.9 Å². The Bertz CT molecular complexity index is 339. The molecule has 0 amide bonds. The predicted octanol–water partition coefficient (Wildman–Crippen LogP) is 2.06. The van der Waals surface area contributed by atoms with Gasteiger partial charge in [-0.3, -0.25) is 0 Å². The lowest BCUT2D eigenvalue weighted by Crippen LogP contribution is -2.00. The van der Waals surface area contributed by atoms with Crippen LogP contribution in [-0.2, 0) is 6.42 Å². The molecule has 0 unspecified atom stereocenters. The minimum Gasteiger partial charge on any atom is -0.506 e. The topological polar surface area (TPSA) is 66.5 Å². The van der Waals surface area contributed by atoms with Gasteiger partial charge in [0, 0.05) is 0 Å². The van der Waals surface area contributed by atoms with Crippen LogP contribution in [-0.4, -0.2) is 16.8 Å². The Morgan fingerprint density at radius 3 is 2.57 bits per heavy atom. The minimum atomic E-state index is 0.0963. The van der Waals surface area contributed by atoms with Gasteiger partial charge in [-0.25, -0.2) is 0 Å². The van der Waals surface area contributed by atoms with E-state index in [0.717, 1.165) is 24.0 Å². The molecule has 78 valence electrons. The molecule has 1 rings (SSSR count). The Labute approximate surface area is 91.7 Å². The molecule has 0 aliphatic rings. The van der Waals surface area contributed by atoms with E-state index in [9.17, 15) is 10.2 Å². The molecule has 0 saturated carbocycles. The summed E-state index contributed by atoms with van der Waals surface area (Å²) in [4.78, 5) is 0. The zero-order valence-corrected chi connectivity index (χ0v) is 9.63. The molecule has 3 nitrogen and oxygen atoms in total. The summed E-state index contributed by atoms with van der Waals surface area (Å²) in [6.45, 7) is 2.39. The first-order valence-electron chi connectivity index (χ1n) is 4.48. The average molecular weight is 260 g/mol. The highest BCUT2D eigenvalue weighted by atomic mass is 79.9. The van der Waals surface area contributed by atoms with Crippen molar-refractivity contribution >= 4 is 15.9 Å². The van der Waals surface area contributed by atoms with Gasteiger partial charge in [-0.15, -0.1) is 0 Å². The van der Waals surface area contributed by atoms with Crippen molar-refractivity contribution in [2.45, 2.75) is 19.8 Å². The molecule has 0 spiro atoms. The van der Waals surface area contributed by atoms with Crippen molar-refractivity contribution in [3.8, 4) is 11.5 Å². The minimum absolute atomic E-state index is 0.0963. The predicted molar refractivity (Wildman–Crippen MR) is 59.6 cm³/mol. The van der Waals surface area contributed by atoms with Crippen LogP contribution in [0.1, 0.15) is 17.5 Å². The van der Waals surface area contributed by atoms with Crippen molar-refractivity contribution in [1.82, 2.24) is 0 Å². The molecular formula is C10H14BrNO2. The second-order valence-corrected chi connectivity index (χ2v) is 4.05. The maximum Gasteiger partial charge on any atom is 0.136 e. The molecule has 0 aliphatic carbocycles. The van der Waals surface area contributed by atoms with Gasteiger partial charge in [0.25, 0.3) is 0 Å². The number of hydrogen-bond donors (Lipinski definition) is 3. The van der Waals surface area contributed by atoms with Gasteiger partial charge >= 0.3 is 0 Å². The zero-order valence-electron chi connectivity index (χ0n) is 8.05. The molecule has 1 aromatic rings. The van der Waals surface area contributed by atoms with Gasteiger partial charge in [0.05, 0.1) is 0 Å². The number of aryl methyl sites for hydroxylation is 2. The van der Waals surface area contributed by atoms with E-state index in [1.807, 2.05) is 0 Å². The summed E-state index contributed by atoms with van der Waals surface area (Å²) >= 11 is 3.14. The second kappa shape index (κ2) is 4.66. The molecule has 4 N–H and O–H groups in total. The number of aromatic hydroxyl groups is 2. The van der Waals surface area contributed by atoms with Crippen molar-refractivity contribution in [2.24, 2.45) is 5.73 Å². The second-order valence-electron chi connectivity index (χ2n) is 3.26. The largest absolute Gasteiger partial charge is 0.506 e. The highest BCUT2D eigenvalue weighted by Crippen LogP contribution is 2.38. The Morgan fingerprint density at radius 2 is 2.00 bits per heavy atom. The number of phenolic OH excluding ortho intramolecular Hbond substituents is 2. The van der Waals surface area contributed by atoms with Crippen LogP contribution in [0.25, 0.3) is 0 Å². The Morgan fingerprint density at radius 1 is 1.36 bits per heavy atom. The number of hydrogen-bond acceptors (Lipinski definition) is 3. The van der Waals surface area contributed by atoms with E-state index >= 15 is 0 Å². The SMILES string of the molecule is Cc1cc(CCCN)c(O)c(Br)c1O. The lowest BCUT2D eigenvalue weighted by molar-refractivity contribution is 0.437. The van der Waals surface area contributed by atoms with Crippen LogP contribution >= 0.6 is 15.9 Å². The van der Waals surface area contributed by atoms with Crippen LogP contribution < -0.4 is 5.73 Å². The van der Waals surface area contributed by atoms with E-state index in [0.29, 0.717) is 11.0 Å². The first-order chi connectivity index (χ1) is 6.57. The average Bonchev–Trinajstić information content (AvgIpc) is 2.18. The fraction of sp³-hybridized carbons (Fsp3) is 0.400. The third-order valence-electron chi connectivity index (χ3n) is 2.13. The van der Waals surface area contributed by atoms with Gasteiger partial charge in [0.15, 0.2) is 0 Å². The summed E-state index contributed by atoms with van der Waals surface area (Å²) in [7, 11) is 0. The van der Waals surface area contributed by atoms with E-state index in [1.165, 1.54) is 0 Å². The van der Waals surface area contributed by atoms with Crippen molar-refractivity contribution in [1.29, 1.82) is 0 Å². The number of rotatable bonds is 3. The molecule has 14 heavy (non-hydrogen) atoms. The molecule has 0 aliphatic heterocycles. The van der Waals surface area contributed by atoms with Crippen LogP contribution in [0.3, 0.4) is 0 Å². The van der Waals surface area contributed by atoms with Gasteiger partial charge < -0.3 is 15.9 Å². The number of benzene rings is 1. The van der Waals surface area contributed by atoms with Crippen LogP contribution in [0.15, 0.2) is 10.5 Å². The molecule has 0 saturated heterocycles. The van der Waals surface area contributed by atoms with Gasteiger partial charge in [-0.2, -0.15) is 0 Å². The lowest BCUT2D eigenvalue weighted by Gasteiger charge is -2.09. The Hall–Kier alpha value is -0.740. The summed E-state index contributed by atoms with van der Waals surface area (Å²) in [5.41, 5.74) is 6.96. The quantitative estimate of drug-likeness (QED) is 0.779. The molecule has 0 atom stereocenters. The summed E-state index contributed by atoms with van der Waals surface area (Å²) in [5, 5.41) is 19.2. The smallest absolute Gasteiger partial charge is 0.136 e. The van der Waals surface area contributed by atoms with E-state index in [4.69, 9.17) is 5.73 Å². The van der Waals surface area contributed by atoms with E-state index in [-0.39, 0.29) is 11.5 Å². The third kappa shape index (κ3) is 2.19. The van der Waals surface area contributed by atoms with Crippen LogP contribution in [0.4, 0.5) is 0 Å². The van der Waals surface area contributed by atoms with Crippen molar-refractivity contribution in [2.75, 3.05) is 6.54 Å². The van der Waals surface area contributed by atoms with Crippen molar-refractivity contribution in [3.63, 3.8) is 0 Å². The molecule has 0 bridgehead atoms. The highest BCUT2D eigenvalue weighted by molar-refractivity contribution is 9.10. The monoisotopic (exact) mass is 259 g/mol. The van der Waals surface area contributed by atoms with E-state index in [1.54, 1.807) is 13.0 Å². The number of phenols is 2. The van der Waals surface area contributed by atoms with Gasteiger partial charge in [0.2, 0.25) is 0 Å². The summed E-state index contributed by atoms with van der Waals surface area (Å²) in [5.74, 6) is 0.209.